The van der Waals surface area contributed by atoms with Crippen LogP contribution in [0.2, 0.25) is 0 Å². The Hall–Kier alpha value is -2.29. The van der Waals surface area contributed by atoms with E-state index in [1.165, 1.54) is 0 Å². The Morgan fingerprint density at radius 3 is 2.82 bits per heavy atom. The molecular formula is C14H11NO2. The van der Waals surface area contributed by atoms with Gasteiger partial charge >= 0.3 is 0 Å². The lowest BCUT2D eigenvalue weighted by molar-refractivity contribution is 0.413. The molecule has 3 rings (SSSR count). The third-order valence-electron chi connectivity index (χ3n) is 2.64. The van der Waals surface area contributed by atoms with Crippen LogP contribution in [-0.4, -0.2) is 13.3 Å². The molecule has 0 amide bonds. The summed E-state index contributed by atoms with van der Waals surface area (Å²) in [4.78, 5) is 4.40. The predicted octanol–water partition coefficient (Wildman–Crippen LogP) is 3.55. The first-order valence-corrected chi connectivity index (χ1v) is 5.36. The van der Waals surface area contributed by atoms with Crippen molar-refractivity contribution in [1.29, 1.82) is 0 Å². The van der Waals surface area contributed by atoms with Crippen LogP contribution in [0, 0.1) is 0 Å². The molecule has 1 aliphatic heterocycles. The maximum atomic E-state index is 5.82. The zero-order valence-electron chi connectivity index (χ0n) is 9.38. The molecule has 0 aliphatic carbocycles. The Kier molecular flexibility index (Phi) is 2.29. The first kappa shape index (κ1) is 9.90. The van der Waals surface area contributed by atoms with Gasteiger partial charge in [-0.25, -0.2) is 0 Å². The Morgan fingerprint density at radius 2 is 1.94 bits per heavy atom. The molecule has 3 nitrogen and oxygen atoms in total. The monoisotopic (exact) mass is 225 g/mol. The van der Waals surface area contributed by atoms with Crippen molar-refractivity contribution in [2.24, 2.45) is 4.99 Å². The lowest BCUT2D eigenvalue weighted by atomic mass is 10.2. The number of ether oxygens (including phenoxy) is 2. The van der Waals surface area contributed by atoms with Crippen molar-refractivity contribution in [3.63, 3.8) is 0 Å². The minimum atomic E-state index is 0.771. The zero-order chi connectivity index (χ0) is 11.7. The molecule has 0 bridgehead atoms. The minimum Gasteiger partial charge on any atom is -0.497 e. The summed E-state index contributed by atoms with van der Waals surface area (Å²) in [6.45, 7) is 0. The van der Waals surface area contributed by atoms with E-state index < -0.39 is 0 Å². The highest BCUT2D eigenvalue weighted by Gasteiger charge is 2.11. The standard InChI is InChI=1S/C14H11NO2/c1-16-11-6-7-13-10(8-11)9-15-12-4-2-3-5-14(12)17-13/h2-9H,1H3. The van der Waals surface area contributed by atoms with Crippen LogP contribution in [0.1, 0.15) is 5.56 Å². The molecule has 0 atom stereocenters. The SMILES string of the molecule is COc1ccc2c(c1)C=Nc1ccccc1O2. The van der Waals surface area contributed by atoms with Crippen molar-refractivity contribution in [3.05, 3.63) is 48.0 Å². The van der Waals surface area contributed by atoms with Crippen molar-refractivity contribution in [1.82, 2.24) is 0 Å². The van der Waals surface area contributed by atoms with Gasteiger partial charge in [0.15, 0.2) is 5.75 Å². The second-order valence-corrected chi connectivity index (χ2v) is 3.73. The van der Waals surface area contributed by atoms with Gasteiger partial charge in [0.1, 0.15) is 17.2 Å². The molecule has 0 fully saturated rings. The first-order chi connectivity index (χ1) is 8.36. The molecule has 0 unspecified atom stereocenters. The van der Waals surface area contributed by atoms with Crippen LogP contribution in [0.3, 0.4) is 0 Å². The molecule has 0 spiro atoms. The lowest BCUT2D eigenvalue weighted by Crippen LogP contribution is -1.90. The highest BCUT2D eigenvalue weighted by atomic mass is 16.5. The average molecular weight is 225 g/mol. The number of para-hydroxylation sites is 2. The topological polar surface area (TPSA) is 30.8 Å². The fourth-order valence-electron chi connectivity index (χ4n) is 1.76. The number of hydrogen-bond donors (Lipinski definition) is 0. The van der Waals surface area contributed by atoms with Gasteiger partial charge in [0.25, 0.3) is 0 Å². The van der Waals surface area contributed by atoms with E-state index in [1.807, 2.05) is 42.5 Å². The molecule has 1 heterocycles. The van der Waals surface area contributed by atoms with Crippen molar-refractivity contribution in [3.8, 4) is 17.2 Å². The maximum Gasteiger partial charge on any atom is 0.153 e. The molecule has 2 aromatic carbocycles. The van der Waals surface area contributed by atoms with Crippen molar-refractivity contribution >= 4 is 11.9 Å². The fraction of sp³-hybridized carbons (Fsp3) is 0.0714. The Bertz CT molecular complexity index is 591. The summed E-state index contributed by atoms with van der Waals surface area (Å²) in [6, 6.07) is 13.4. The summed E-state index contributed by atoms with van der Waals surface area (Å²) in [5.74, 6) is 2.36. The van der Waals surface area contributed by atoms with E-state index in [1.54, 1.807) is 13.3 Å². The van der Waals surface area contributed by atoms with Gasteiger partial charge in [-0.2, -0.15) is 0 Å². The number of methoxy groups -OCH3 is 1. The van der Waals surface area contributed by atoms with Crippen molar-refractivity contribution in [2.45, 2.75) is 0 Å². The third-order valence-corrected chi connectivity index (χ3v) is 2.64. The molecule has 0 radical (unpaired) electrons. The van der Waals surface area contributed by atoms with Gasteiger partial charge in [0.05, 0.1) is 7.11 Å². The molecule has 2 aromatic rings. The number of nitrogens with zero attached hydrogens (tertiary/aromatic N) is 1. The normalized spacial score (nSPS) is 12.1. The molecule has 0 N–H and O–H groups in total. The summed E-state index contributed by atoms with van der Waals surface area (Å²) < 4.78 is 11.0. The molecular weight excluding hydrogens is 214 g/mol. The first-order valence-electron chi connectivity index (χ1n) is 5.36. The third kappa shape index (κ3) is 1.76. The summed E-state index contributed by atoms with van der Waals surface area (Å²) in [7, 11) is 1.64. The lowest BCUT2D eigenvalue weighted by Gasteiger charge is -2.08. The second-order valence-electron chi connectivity index (χ2n) is 3.73. The van der Waals surface area contributed by atoms with Crippen LogP contribution in [0.15, 0.2) is 47.5 Å². The number of aliphatic imine (C=N–C) groups is 1. The molecule has 1 aliphatic rings. The van der Waals surface area contributed by atoms with E-state index in [4.69, 9.17) is 9.47 Å². The molecule has 17 heavy (non-hydrogen) atoms. The summed E-state index contributed by atoms with van der Waals surface area (Å²) in [5.41, 5.74) is 1.75. The summed E-state index contributed by atoms with van der Waals surface area (Å²) >= 11 is 0. The van der Waals surface area contributed by atoms with Crippen LogP contribution in [-0.2, 0) is 0 Å². The Labute approximate surface area is 99.3 Å². The second kappa shape index (κ2) is 3.94. The molecule has 3 heteroatoms. The average Bonchev–Trinajstić information content (AvgIpc) is 2.57. The number of rotatable bonds is 1. The fourth-order valence-corrected chi connectivity index (χ4v) is 1.76. The van der Waals surface area contributed by atoms with Gasteiger partial charge in [-0.15, -0.1) is 0 Å². The van der Waals surface area contributed by atoms with E-state index in [0.717, 1.165) is 28.5 Å². The zero-order valence-corrected chi connectivity index (χ0v) is 9.38. The molecule has 0 saturated heterocycles. The Balaban J connectivity index is 2.11. The summed E-state index contributed by atoms with van der Waals surface area (Å²) in [5, 5.41) is 0. The Morgan fingerprint density at radius 1 is 1.06 bits per heavy atom. The van der Waals surface area contributed by atoms with Crippen molar-refractivity contribution < 1.29 is 9.47 Å². The quantitative estimate of drug-likeness (QED) is 0.634. The summed E-state index contributed by atoms with van der Waals surface area (Å²) in [6.07, 6.45) is 1.80. The van der Waals surface area contributed by atoms with Crippen LogP contribution in [0.4, 0.5) is 5.69 Å². The van der Waals surface area contributed by atoms with Gasteiger partial charge in [-0.1, -0.05) is 12.1 Å². The number of hydrogen-bond acceptors (Lipinski definition) is 3. The largest absolute Gasteiger partial charge is 0.497 e. The molecule has 0 saturated carbocycles. The molecule has 84 valence electrons. The van der Waals surface area contributed by atoms with E-state index in [0.29, 0.717) is 0 Å². The van der Waals surface area contributed by atoms with E-state index in [-0.39, 0.29) is 0 Å². The smallest absolute Gasteiger partial charge is 0.153 e. The van der Waals surface area contributed by atoms with E-state index >= 15 is 0 Å². The maximum absolute atomic E-state index is 5.82. The van der Waals surface area contributed by atoms with Gasteiger partial charge < -0.3 is 9.47 Å². The van der Waals surface area contributed by atoms with Gasteiger partial charge in [-0.3, -0.25) is 4.99 Å². The van der Waals surface area contributed by atoms with Gasteiger partial charge in [-0.05, 0) is 30.3 Å². The van der Waals surface area contributed by atoms with Crippen LogP contribution < -0.4 is 9.47 Å². The van der Waals surface area contributed by atoms with Crippen LogP contribution in [0.25, 0.3) is 0 Å². The highest BCUT2D eigenvalue weighted by molar-refractivity contribution is 5.88. The highest BCUT2D eigenvalue weighted by Crippen LogP contribution is 2.36. The van der Waals surface area contributed by atoms with Crippen LogP contribution >= 0.6 is 0 Å². The van der Waals surface area contributed by atoms with E-state index in [2.05, 4.69) is 4.99 Å². The van der Waals surface area contributed by atoms with E-state index in [9.17, 15) is 0 Å². The van der Waals surface area contributed by atoms with Crippen LogP contribution in [0.5, 0.6) is 17.2 Å². The molecule has 0 aromatic heterocycles. The van der Waals surface area contributed by atoms with Crippen molar-refractivity contribution in [2.75, 3.05) is 7.11 Å². The van der Waals surface area contributed by atoms with Gasteiger partial charge in [0, 0.05) is 11.8 Å². The number of fused-ring (bicyclic) bond motifs is 2. The predicted molar refractivity (Wildman–Crippen MR) is 66.8 cm³/mol. The number of benzene rings is 2. The minimum absolute atomic E-state index is 0.771. The van der Waals surface area contributed by atoms with Gasteiger partial charge in [0.2, 0.25) is 0 Å².